The van der Waals surface area contributed by atoms with Gasteiger partial charge in [-0.3, -0.25) is 5.01 Å². The van der Waals surface area contributed by atoms with E-state index in [1.165, 1.54) is 17.3 Å². The molecule has 1 aromatic rings. The van der Waals surface area contributed by atoms with Crippen LogP contribution in [-0.2, 0) is 4.74 Å². The maximum atomic E-state index is 11.6. The number of ether oxygens (including phenoxy) is 1. The molecule has 0 aliphatic rings. The zero-order chi connectivity index (χ0) is 15.0. The number of hydrogen-bond acceptors (Lipinski definition) is 6. The third-order valence-corrected chi connectivity index (χ3v) is 2.12. The highest BCUT2D eigenvalue weighted by atomic mass is 16.6. The molecule has 1 amide bonds. The van der Waals surface area contributed by atoms with Crippen molar-refractivity contribution in [1.82, 2.24) is 15.4 Å². The van der Waals surface area contributed by atoms with Gasteiger partial charge in [-0.1, -0.05) is 26.5 Å². The summed E-state index contributed by atoms with van der Waals surface area (Å²) in [6, 6.07) is 3.47. The Balaban J connectivity index is 2.85. The molecule has 0 aliphatic carbocycles. The Morgan fingerprint density at radius 1 is 1.70 bits per heavy atom. The monoisotopic (exact) mass is 275 g/mol. The summed E-state index contributed by atoms with van der Waals surface area (Å²) in [7, 11) is 0. The Morgan fingerprint density at radius 3 is 3.05 bits per heavy atom. The Hall–Kier alpha value is -2.62. The van der Waals surface area contributed by atoms with Crippen LogP contribution >= 0.6 is 0 Å². The Labute approximate surface area is 117 Å². The Kier molecular flexibility index (Phi) is 5.97. The number of nitriles is 1. The van der Waals surface area contributed by atoms with E-state index in [-0.39, 0.29) is 18.3 Å². The number of hydrogen-bond donors (Lipinski definition) is 1. The van der Waals surface area contributed by atoms with Crippen LogP contribution in [0.4, 0.5) is 10.6 Å². The van der Waals surface area contributed by atoms with Crippen molar-refractivity contribution in [1.29, 1.82) is 5.26 Å². The lowest BCUT2D eigenvalue weighted by Crippen LogP contribution is -2.45. The van der Waals surface area contributed by atoms with Crippen molar-refractivity contribution in [2.75, 3.05) is 18.2 Å². The van der Waals surface area contributed by atoms with Gasteiger partial charge in [-0.15, -0.1) is 0 Å². The molecule has 0 atom stereocenters. The van der Waals surface area contributed by atoms with Gasteiger partial charge >= 0.3 is 6.09 Å². The molecule has 1 N–H and O–H groups in total. The number of carbonyl (C=O) groups is 1. The van der Waals surface area contributed by atoms with Gasteiger partial charge in [-0.05, 0) is 5.92 Å². The minimum Gasteiger partial charge on any atom is -0.444 e. The summed E-state index contributed by atoms with van der Waals surface area (Å²) in [6.45, 7) is 8.10. The second-order valence-electron chi connectivity index (χ2n) is 4.35. The van der Waals surface area contributed by atoms with Gasteiger partial charge in [0.05, 0.1) is 0 Å². The van der Waals surface area contributed by atoms with Crippen LogP contribution < -0.4 is 10.4 Å². The summed E-state index contributed by atoms with van der Waals surface area (Å²) < 4.78 is 4.86. The van der Waals surface area contributed by atoms with E-state index in [4.69, 9.17) is 10.00 Å². The largest absolute Gasteiger partial charge is 0.444 e. The van der Waals surface area contributed by atoms with Crippen LogP contribution in [0.2, 0.25) is 0 Å². The van der Waals surface area contributed by atoms with E-state index in [1.807, 2.05) is 19.9 Å². The Morgan fingerprint density at radius 2 is 2.45 bits per heavy atom. The van der Waals surface area contributed by atoms with Crippen LogP contribution in [-0.4, -0.2) is 29.2 Å². The number of nitrogens with one attached hydrogen (secondary N) is 1. The maximum absolute atomic E-state index is 11.6. The van der Waals surface area contributed by atoms with E-state index < -0.39 is 6.09 Å². The highest BCUT2D eigenvalue weighted by Crippen LogP contribution is 2.10. The smallest absolute Gasteiger partial charge is 0.426 e. The number of aromatic nitrogens is 2. The van der Waals surface area contributed by atoms with E-state index in [9.17, 15) is 4.79 Å². The molecular weight excluding hydrogens is 258 g/mol. The van der Waals surface area contributed by atoms with Crippen LogP contribution in [0.25, 0.3) is 0 Å². The number of carbonyl (C=O) groups excluding carboxylic acids is 1. The average Bonchev–Trinajstić information content (AvgIpc) is 2.44. The third-order valence-electron chi connectivity index (χ3n) is 2.12. The van der Waals surface area contributed by atoms with Crippen LogP contribution in [0.5, 0.6) is 0 Å². The average molecular weight is 275 g/mol. The van der Waals surface area contributed by atoms with Crippen LogP contribution in [0.15, 0.2) is 24.9 Å². The summed E-state index contributed by atoms with van der Waals surface area (Å²) >= 11 is 0. The van der Waals surface area contributed by atoms with Crippen molar-refractivity contribution in [3.8, 4) is 6.07 Å². The quantitative estimate of drug-likeness (QED) is 0.627. The zero-order valence-corrected chi connectivity index (χ0v) is 11.5. The number of anilines is 1. The van der Waals surface area contributed by atoms with Crippen molar-refractivity contribution in [2.24, 2.45) is 5.92 Å². The van der Waals surface area contributed by atoms with Crippen molar-refractivity contribution < 1.29 is 9.53 Å². The highest BCUT2D eigenvalue weighted by Gasteiger charge is 2.14. The topological polar surface area (TPSA) is 91.1 Å². The van der Waals surface area contributed by atoms with Gasteiger partial charge in [0.1, 0.15) is 12.7 Å². The van der Waals surface area contributed by atoms with E-state index in [1.54, 1.807) is 6.07 Å². The highest BCUT2D eigenvalue weighted by molar-refractivity contribution is 5.69. The Bertz CT molecular complexity index is 510. The molecular formula is C13H17N5O2. The fourth-order valence-corrected chi connectivity index (χ4v) is 1.39. The minimum absolute atomic E-state index is 0.0394. The fourth-order valence-electron chi connectivity index (χ4n) is 1.39. The second kappa shape index (κ2) is 7.74. The molecule has 0 bridgehead atoms. The molecule has 0 aromatic carbocycles. The summed E-state index contributed by atoms with van der Waals surface area (Å²) in [5.41, 5.74) is 2.58. The maximum Gasteiger partial charge on any atom is 0.426 e. The first kappa shape index (κ1) is 15.4. The predicted octanol–water partition coefficient (Wildman–Crippen LogP) is 1.64. The van der Waals surface area contributed by atoms with Crippen molar-refractivity contribution in [3.63, 3.8) is 0 Å². The predicted molar refractivity (Wildman–Crippen MR) is 73.6 cm³/mol. The first-order valence-electron chi connectivity index (χ1n) is 6.11. The molecule has 0 saturated heterocycles. The van der Waals surface area contributed by atoms with Gasteiger partial charge in [-0.25, -0.2) is 15.2 Å². The fraction of sp³-hybridized carbons (Fsp3) is 0.385. The van der Waals surface area contributed by atoms with E-state index in [0.717, 1.165) is 0 Å². The van der Waals surface area contributed by atoms with Gasteiger partial charge in [0.15, 0.2) is 5.82 Å². The molecule has 1 rings (SSSR count). The molecule has 20 heavy (non-hydrogen) atoms. The molecule has 0 spiro atoms. The van der Waals surface area contributed by atoms with Gasteiger partial charge in [0.25, 0.3) is 0 Å². The van der Waals surface area contributed by atoms with Gasteiger partial charge < -0.3 is 4.74 Å². The lowest BCUT2D eigenvalue weighted by atomic mass is 10.2. The molecule has 0 fully saturated rings. The molecule has 7 nitrogen and oxygen atoms in total. The van der Waals surface area contributed by atoms with Crippen LogP contribution in [0, 0.1) is 17.2 Å². The normalized spacial score (nSPS) is 9.70. The number of nitrogens with zero attached hydrogens (tertiary/aromatic N) is 4. The van der Waals surface area contributed by atoms with Crippen molar-refractivity contribution in [3.05, 3.63) is 30.7 Å². The molecule has 0 radical (unpaired) electrons. The van der Waals surface area contributed by atoms with Gasteiger partial charge in [-0.2, -0.15) is 10.2 Å². The molecule has 7 heteroatoms. The molecule has 0 aliphatic heterocycles. The first-order chi connectivity index (χ1) is 9.56. The van der Waals surface area contributed by atoms with Gasteiger partial charge in [0.2, 0.25) is 5.82 Å². The molecule has 1 aromatic heterocycles. The summed E-state index contributed by atoms with van der Waals surface area (Å²) in [5, 5.41) is 10.3. The van der Waals surface area contributed by atoms with E-state index in [0.29, 0.717) is 12.4 Å². The van der Waals surface area contributed by atoms with Gasteiger partial charge in [0, 0.05) is 18.8 Å². The first-order valence-corrected chi connectivity index (χ1v) is 6.11. The lowest BCUT2D eigenvalue weighted by Gasteiger charge is -2.25. The second-order valence-corrected chi connectivity index (χ2v) is 4.35. The van der Waals surface area contributed by atoms with Crippen molar-refractivity contribution in [2.45, 2.75) is 13.8 Å². The number of rotatable bonds is 6. The number of amides is 1. The molecule has 106 valence electrons. The van der Waals surface area contributed by atoms with E-state index >= 15 is 0 Å². The summed E-state index contributed by atoms with van der Waals surface area (Å²) in [6.07, 6.45) is 2.33. The third kappa shape index (κ3) is 4.94. The molecule has 0 unspecified atom stereocenters. The summed E-state index contributed by atoms with van der Waals surface area (Å²) in [4.78, 5) is 19.4. The van der Waals surface area contributed by atoms with Crippen molar-refractivity contribution >= 4 is 11.9 Å². The van der Waals surface area contributed by atoms with Crippen LogP contribution in [0.3, 0.4) is 0 Å². The minimum atomic E-state index is -0.609. The van der Waals surface area contributed by atoms with E-state index in [2.05, 4.69) is 22.0 Å². The zero-order valence-electron chi connectivity index (χ0n) is 11.5. The summed E-state index contributed by atoms with van der Waals surface area (Å²) in [5.74, 6) is 0.744. The molecule has 1 heterocycles. The standard InChI is InChI=1S/C13H17N5O2/c1-4-7-20-13(19)17-18(9-10(2)3)12-5-6-15-11(8-14)16-12/h4-6,10H,1,7,9H2,2-3H3,(H,17,19). The lowest BCUT2D eigenvalue weighted by molar-refractivity contribution is 0.156. The van der Waals surface area contributed by atoms with Crippen LogP contribution in [0.1, 0.15) is 19.7 Å². The molecule has 0 saturated carbocycles. The SMILES string of the molecule is C=CCOC(=O)NN(CC(C)C)c1ccnc(C#N)n1. The number of hydrazine groups is 1.